The van der Waals surface area contributed by atoms with Gasteiger partial charge >= 0.3 is 0 Å². The molecule has 9 heteroatoms. The highest BCUT2D eigenvalue weighted by atomic mass is 32.2. The number of sulfonamides is 1. The second-order valence-corrected chi connectivity index (χ2v) is 9.00. The van der Waals surface area contributed by atoms with Gasteiger partial charge in [0.25, 0.3) is 5.91 Å². The Morgan fingerprint density at radius 3 is 2.77 bits per heavy atom. The summed E-state index contributed by atoms with van der Waals surface area (Å²) in [7, 11) is -3.77. The Morgan fingerprint density at radius 1 is 1.31 bits per heavy atom. The SMILES string of the molecule is O=C(NS(=O)(=O)CC1CCCCO1)c1cnc(Cc2ccc(F)cc2)s1. The van der Waals surface area contributed by atoms with Crippen LogP contribution in [0.5, 0.6) is 0 Å². The van der Waals surface area contributed by atoms with Gasteiger partial charge in [-0.1, -0.05) is 12.1 Å². The molecule has 0 saturated carbocycles. The summed E-state index contributed by atoms with van der Waals surface area (Å²) in [5.74, 6) is -1.23. The van der Waals surface area contributed by atoms with Crippen molar-refractivity contribution in [2.75, 3.05) is 12.4 Å². The van der Waals surface area contributed by atoms with Crippen LogP contribution >= 0.6 is 11.3 Å². The van der Waals surface area contributed by atoms with E-state index in [1.807, 2.05) is 0 Å². The standard InChI is InChI=1S/C17H19FN2O4S2/c18-13-6-4-12(5-7-13)9-16-19-10-15(25-16)17(21)20-26(22,23)11-14-3-1-2-8-24-14/h4-7,10,14H,1-3,8-9,11H2,(H,20,21). The minimum atomic E-state index is -3.77. The number of aromatic nitrogens is 1. The van der Waals surface area contributed by atoms with Gasteiger partial charge in [0.15, 0.2) is 0 Å². The summed E-state index contributed by atoms with van der Waals surface area (Å²) < 4.78 is 44.7. The topological polar surface area (TPSA) is 85.4 Å². The van der Waals surface area contributed by atoms with E-state index in [9.17, 15) is 17.6 Å². The molecule has 1 saturated heterocycles. The van der Waals surface area contributed by atoms with E-state index in [0.29, 0.717) is 24.5 Å². The van der Waals surface area contributed by atoms with Crippen LogP contribution in [0.15, 0.2) is 30.5 Å². The fourth-order valence-electron chi connectivity index (χ4n) is 2.69. The summed E-state index contributed by atoms with van der Waals surface area (Å²) in [5, 5.41) is 0.648. The molecule has 1 aromatic carbocycles. The summed E-state index contributed by atoms with van der Waals surface area (Å²) in [6.07, 6.45) is 3.96. The molecule has 1 aliphatic rings. The maximum absolute atomic E-state index is 12.9. The van der Waals surface area contributed by atoms with E-state index in [4.69, 9.17) is 4.74 Å². The van der Waals surface area contributed by atoms with Crippen LogP contribution < -0.4 is 4.72 Å². The Labute approximate surface area is 155 Å². The number of benzene rings is 1. The Bertz CT molecular complexity index is 859. The lowest BCUT2D eigenvalue weighted by molar-refractivity contribution is 0.0304. The number of hydrogen-bond acceptors (Lipinski definition) is 6. The number of hydrogen-bond donors (Lipinski definition) is 1. The van der Waals surface area contributed by atoms with Crippen molar-refractivity contribution in [2.24, 2.45) is 0 Å². The monoisotopic (exact) mass is 398 g/mol. The van der Waals surface area contributed by atoms with E-state index in [0.717, 1.165) is 29.7 Å². The third-order valence-corrected chi connectivity index (χ3v) is 6.28. The van der Waals surface area contributed by atoms with Gasteiger partial charge in [0.2, 0.25) is 10.0 Å². The first-order chi connectivity index (χ1) is 12.4. The molecule has 0 radical (unpaired) electrons. The molecule has 1 fully saturated rings. The molecule has 1 atom stereocenters. The van der Waals surface area contributed by atoms with Crippen LogP contribution in [0, 0.1) is 5.82 Å². The number of amides is 1. The number of nitrogens with one attached hydrogen (secondary N) is 1. The highest BCUT2D eigenvalue weighted by molar-refractivity contribution is 7.90. The first-order valence-electron chi connectivity index (χ1n) is 8.27. The number of thiazole rings is 1. The summed E-state index contributed by atoms with van der Waals surface area (Å²) in [6, 6.07) is 6.00. The Kier molecular flexibility index (Phi) is 6.00. The van der Waals surface area contributed by atoms with E-state index in [2.05, 4.69) is 9.71 Å². The first kappa shape index (κ1) is 18.9. The van der Waals surface area contributed by atoms with Crippen LogP contribution in [0.4, 0.5) is 4.39 Å². The molecular weight excluding hydrogens is 379 g/mol. The normalized spacial score (nSPS) is 17.8. The van der Waals surface area contributed by atoms with Crippen molar-refractivity contribution >= 4 is 27.3 Å². The van der Waals surface area contributed by atoms with Crippen molar-refractivity contribution in [3.8, 4) is 0 Å². The van der Waals surface area contributed by atoms with Crippen molar-refractivity contribution < 1.29 is 22.3 Å². The third-order valence-electron chi connectivity index (χ3n) is 3.97. The second kappa shape index (κ2) is 8.24. The van der Waals surface area contributed by atoms with E-state index >= 15 is 0 Å². The summed E-state index contributed by atoms with van der Waals surface area (Å²) in [4.78, 5) is 16.6. The summed E-state index contributed by atoms with van der Waals surface area (Å²) >= 11 is 1.11. The van der Waals surface area contributed by atoms with E-state index in [1.165, 1.54) is 18.3 Å². The van der Waals surface area contributed by atoms with Gasteiger partial charge < -0.3 is 4.74 Å². The molecule has 2 heterocycles. The van der Waals surface area contributed by atoms with Crippen molar-refractivity contribution in [2.45, 2.75) is 31.8 Å². The van der Waals surface area contributed by atoms with Gasteiger partial charge in [-0.3, -0.25) is 4.79 Å². The van der Waals surface area contributed by atoms with Crippen LogP contribution in [0.25, 0.3) is 0 Å². The number of ether oxygens (including phenoxy) is 1. The third kappa shape index (κ3) is 5.33. The van der Waals surface area contributed by atoms with Gasteiger partial charge in [-0.2, -0.15) is 0 Å². The Morgan fingerprint density at radius 2 is 2.08 bits per heavy atom. The van der Waals surface area contributed by atoms with Crippen molar-refractivity contribution in [1.82, 2.24) is 9.71 Å². The molecule has 2 aromatic rings. The molecule has 140 valence electrons. The van der Waals surface area contributed by atoms with Crippen LogP contribution in [0.1, 0.15) is 39.5 Å². The average Bonchev–Trinajstić information content (AvgIpc) is 3.06. The quantitative estimate of drug-likeness (QED) is 0.808. The molecule has 0 bridgehead atoms. The van der Waals surface area contributed by atoms with Gasteiger partial charge in [-0.25, -0.2) is 22.5 Å². The molecule has 1 amide bonds. The maximum Gasteiger partial charge on any atom is 0.276 e. The molecule has 3 rings (SSSR count). The van der Waals surface area contributed by atoms with Crippen LogP contribution in [0.3, 0.4) is 0 Å². The van der Waals surface area contributed by atoms with Crippen molar-refractivity contribution in [1.29, 1.82) is 0 Å². The zero-order valence-electron chi connectivity index (χ0n) is 14.0. The van der Waals surface area contributed by atoms with Gasteiger partial charge in [0.05, 0.1) is 23.1 Å². The largest absolute Gasteiger partial charge is 0.377 e. The molecule has 1 aromatic heterocycles. The Hall–Kier alpha value is -1.84. The lowest BCUT2D eigenvalue weighted by Gasteiger charge is -2.22. The highest BCUT2D eigenvalue weighted by Gasteiger charge is 2.24. The fraction of sp³-hybridized carbons (Fsp3) is 0.412. The highest BCUT2D eigenvalue weighted by Crippen LogP contribution is 2.18. The first-order valence-corrected chi connectivity index (χ1v) is 10.7. The lowest BCUT2D eigenvalue weighted by atomic mass is 10.1. The van der Waals surface area contributed by atoms with Crippen LogP contribution in [0.2, 0.25) is 0 Å². The lowest BCUT2D eigenvalue weighted by Crippen LogP contribution is -2.38. The summed E-state index contributed by atoms with van der Waals surface area (Å²) in [5.41, 5.74) is 0.856. The molecule has 1 N–H and O–H groups in total. The predicted molar refractivity (Wildman–Crippen MR) is 96.2 cm³/mol. The van der Waals surface area contributed by atoms with Gasteiger partial charge in [-0.15, -0.1) is 11.3 Å². The van der Waals surface area contributed by atoms with E-state index in [1.54, 1.807) is 12.1 Å². The minimum Gasteiger partial charge on any atom is -0.377 e. The van der Waals surface area contributed by atoms with E-state index < -0.39 is 15.9 Å². The number of nitrogens with zero attached hydrogens (tertiary/aromatic N) is 1. The van der Waals surface area contributed by atoms with Crippen LogP contribution in [-0.2, 0) is 21.2 Å². The predicted octanol–water partition coefficient (Wildman–Crippen LogP) is 2.50. The molecule has 1 aliphatic heterocycles. The second-order valence-electron chi connectivity index (χ2n) is 6.12. The van der Waals surface area contributed by atoms with Crippen LogP contribution in [-0.4, -0.2) is 37.8 Å². The number of carbonyl (C=O) groups excluding carboxylic acids is 1. The summed E-state index contributed by atoms with van der Waals surface area (Å²) in [6.45, 7) is 0.551. The maximum atomic E-state index is 12.9. The van der Waals surface area contributed by atoms with E-state index in [-0.39, 0.29) is 22.6 Å². The molecule has 26 heavy (non-hydrogen) atoms. The zero-order chi connectivity index (χ0) is 18.6. The Balaban J connectivity index is 1.59. The smallest absolute Gasteiger partial charge is 0.276 e. The molecule has 6 nitrogen and oxygen atoms in total. The van der Waals surface area contributed by atoms with Crippen molar-refractivity contribution in [3.63, 3.8) is 0 Å². The van der Waals surface area contributed by atoms with Gasteiger partial charge in [0, 0.05) is 13.0 Å². The fourth-order valence-corrected chi connectivity index (χ4v) is 4.83. The number of carbonyl (C=O) groups is 1. The van der Waals surface area contributed by atoms with Gasteiger partial charge in [0.1, 0.15) is 10.7 Å². The molecule has 0 aliphatic carbocycles. The molecular formula is C17H19FN2O4S2. The zero-order valence-corrected chi connectivity index (χ0v) is 15.6. The van der Waals surface area contributed by atoms with Gasteiger partial charge in [-0.05, 0) is 37.0 Å². The number of halogens is 1. The number of rotatable bonds is 6. The van der Waals surface area contributed by atoms with Crippen molar-refractivity contribution in [3.05, 3.63) is 51.7 Å². The molecule has 1 unspecified atom stereocenters. The molecule has 0 spiro atoms. The minimum absolute atomic E-state index is 0.218. The average molecular weight is 398 g/mol.